The predicted molar refractivity (Wildman–Crippen MR) is 111 cm³/mol. The molecule has 0 spiro atoms. The molecule has 5 nitrogen and oxygen atoms in total. The fraction of sp³-hybridized carbons (Fsp3) is 0.304. The molecule has 1 amide bonds. The number of fused-ring (bicyclic) bond motifs is 1. The normalized spacial score (nSPS) is 17.5. The summed E-state index contributed by atoms with van der Waals surface area (Å²) in [4.78, 5) is 14.8. The fourth-order valence-electron chi connectivity index (χ4n) is 3.98. The number of carbonyl (C=O) groups is 1. The smallest absolute Gasteiger partial charge is 0.246 e. The number of carbonyl (C=O) groups excluding carboxylic acids is 1. The highest BCUT2D eigenvalue weighted by Crippen LogP contribution is 2.27. The first-order valence-corrected chi connectivity index (χ1v) is 9.90. The summed E-state index contributed by atoms with van der Waals surface area (Å²) < 4.78 is 1.85. The molecular formula is C23H25N3O2. The molecule has 2 aromatic heterocycles. The molecule has 1 aliphatic rings. The van der Waals surface area contributed by atoms with Gasteiger partial charge in [-0.2, -0.15) is 5.10 Å². The van der Waals surface area contributed by atoms with Gasteiger partial charge < -0.3 is 10.0 Å². The Hall–Kier alpha value is -2.92. The number of aliphatic hydroxyl groups is 1. The lowest BCUT2D eigenvalue weighted by molar-refractivity contribution is -0.129. The zero-order chi connectivity index (χ0) is 19.3. The number of benzene rings is 1. The Morgan fingerprint density at radius 1 is 1.14 bits per heavy atom. The molecule has 0 radical (unpaired) electrons. The minimum Gasteiger partial charge on any atom is -0.396 e. The van der Waals surface area contributed by atoms with Gasteiger partial charge in [-0.15, -0.1) is 0 Å². The number of hydrogen-bond donors (Lipinski definition) is 1. The van der Waals surface area contributed by atoms with Crippen LogP contribution in [0.3, 0.4) is 0 Å². The van der Waals surface area contributed by atoms with Crippen LogP contribution in [0.5, 0.6) is 0 Å². The van der Waals surface area contributed by atoms with Gasteiger partial charge in [0.1, 0.15) is 5.69 Å². The third kappa shape index (κ3) is 3.71. The van der Waals surface area contributed by atoms with Gasteiger partial charge in [-0.05, 0) is 43.9 Å². The molecule has 4 rings (SSSR count). The Morgan fingerprint density at radius 3 is 2.79 bits per heavy atom. The van der Waals surface area contributed by atoms with E-state index in [4.69, 9.17) is 5.10 Å². The van der Waals surface area contributed by atoms with Crippen molar-refractivity contribution in [3.8, 4) is 11.3 Å². The number of aliphatic hydroxyl groups excluding tert-OH is 1. The van der Waals surface area contributed by atoms with Crippen molar-refractivity contribution in [1.82, 2.24) is 14.5 Å². The van der Waals surface area contributed by atoms with Crippen molar-refractivity contribution in [3.63, 3.8) is 0 Å². The van der Waals surface area contributed by atoms with E-state index in [0.717, 1.165) is 48.1 Å². The van der Waals surface area contributed by atoms with Crippen LogP contribution in [-0.2, 0) is 4.79 Å². The molecule has 1 saturated heterocycles. The number of nitrogens with zero attached hydrogens (tertiary/aromatic N) is 3. The van der Waals surface area contributed by atoms with E-state index in [1.165, 1.54) is 0 Å². The van der Waals surface area contributed by atoms with Crippen LogP contribution in [-0.4, -0.2) is 44.7 Å². The molecule has 3 heterocycles. The molecule has 1 aromatic carbocycles. The van der Waals surface area contributed by atoms with Crippen LogP contribution < -0.4 is 0 Å². The molecule has 0 saturated carbocycles. The van der Waals surface area contributed by atoms with E-state index in [1.54, 1.807) is 6.08 Å². The quantitative estimate of drug-likeness (QED) is 0.691. The van der Waals surface area contributed by atoms with Gasteiger partial charge in [-0.3, -0.25) is 4.79 Å². The molecule has 1 atom stereocenters. The number of aromatic nitrogens is 2. The van der Waals surface area contributed by atoms with Crippen molar-refractivity contribution in [2.75, 3.05) is 13.2 Å². The Kier molecular flexibility index (Phi) is 5.53. The SMILES string of the molecule is O=C(/C=C/c1c(-c2ccccc2)nn2ccccc12)N1CCCC[C@H]1CCO. The lowest BCUT2D eigenvalue weighted by Gasteiger charge is -2.34. The predicted octanol–water partition coefficient (Wildman–Crippen LogP) is 3.78. The molecule has 1 N–H and O–H groups in total. The number of likely N-dealkylation sites (tertiary alicyclic amines) is 1. The maximum atomic E-state index is 12.9. The molecule has 0 unspecified atom stereocenters. The second-order valence-corrected chi connectivity index (χ2v) is 7.19. The number of piperidine rings is 1. The summed E-state index contributed by atoms with van der Waals surface area (Å²) in [6.07, 6.45) is 9.21. The van der Waals surface area contributed by atoms with Crippen molar-refractivity contribution in [1.29, 1.82) is 0 Å². The van der Waals surface area contributed by atoms with Crippen molar-refractivity contribution in [2.24, 2.45) is 0 Å². The zero-order valence-corrected chi connectivity index (χ0v) is 15.9. The summed E-state index contributed by atoms with van der Waals surface area (Å²) in [6.45, 7) is 0.874. The van der Waals surface area contributed by atoms with Crippen LogP contribution in [0.25, 0.3) is 22.9 Å². The Morgan fingerprint density at radius 2 is 1.96 bits per heavy atom. The third-order valence-corrected chi connectivity index (χ3v) is 5.39. The summed E-state index contributed by atoms with van der Waals surface area (Å²) in [5.74, 6) is 0.00689. The second kappa shape index (κ2) is 8.40. The van der Waals surface area contributed by atoms with Crippen LogP contribution in [0.4, 0.5) is 0 Å². The van der Waals surface area contributed by atoms with Gasteiger partial charge in [-0.25, -0.2) is 4.52 Å². The number of rotatable bonds is 5. The van der Waals surface area contributed by atoms with Gasteiger partial charge in [0, 0.05) is 42.6 Å². The topological polar surface area (TPSA) is 57.8 Å². The Balaban J connectivity index is 1.68. The summed E-state index contributed by atoms with van der Waals surface area (Å²) >= 11 is 0. The number of amides is 1. The largest absolute Gasteiger partial charge is 0.396 e. The van der Waals surface area contributed by atoms with Crippen LogP contribution in [0.1, 0.15) is 31.2 Å². The lowest BCUT2D eigenvalue weighted by Crippen LogP contribution is -2.43. The molecule has 1 aliphatic heterocycles. The highest BCUT2D eigenvalue weighted by molar-refractivity contribution is 5.95. The Labute approximate surface area is 164 Å². The van der Waals surface area contributed by atoms with Gasteiger partial charge >= 0.3 is 0 Å². The average Bonchev–Trinajstić information content (AvgIpc) is 3.12. The van der Waals surface area contributed by atoms with E-state index in [1.807, 2.05) is 70.2 Å². The number of pyridine rings is 1. The minimum atomic E-state index is 0.00689. The van der Waals surface area contributed by atoms with E-state index in [9.17, 15) is 9.90 Å². The average molecular weight is 375 g/mol. The second-order valence-electron chi connectivity index (χ2n) is 7.19. The molecular weight excluding hydrogens is 350 g/mol. The first-order valence-electron chi connectivity index (χ1n) is 9.90. The molecule has 1 fully saturated rings. The van der Waals surface area contributed by atoms with E-state index in [0.29, 0.717) is 6.42 Å². The highest BCUT2D eigenvalue weighted by Gasteiger charge is 2.25. The third-order valence-electron chi connectivity index (χ3n) is 5.39. The summed E-state index contributed by atoms with van der Waals surface area (Å²) in [5, 5.41) is 14.0. The molecule has 5 heteroatoms. The van der Waals surface area contributed by atoms with Crippen LogP contribution in [0.15, 0.2) is 60.8 Å². The van der Waals surface area contributed by atoms with Crippen LogP contribution in [0, 0.1) is 0 Å². The van der Waals surface area contributed by atoms with Crippen molar-refractivity contribution in [2.45, 2.75) is 31.7 Å². The molecule has 28 heavy (non-hydrogen) atoms. The van der Waals surface area contributed by atoms with Gasteiger partial charge in [0.25, 0.3) is 0 Å². The van der Waals surface area contributed by atoms with Crippen molar-refractivity contribution < 1.29 is 9.90 Å². The van der Waals surface area contributed by atoms with Gasteiger partial charge in [0.15, 0.2) is 0 Å². The standard InChI is InChI=1S/C23H25N3O2/c27-17-14-19-10-4-6-15-25(19)22(28)13-12-20-21-11-5-7-16-26(21)24-23(20)18-8-2-1-3-9-18/h1-3,5,7-9,11-13,16,19,27H,4,6,10,14-15,17H2/b13-12+/t19-/m0/s1. The Bertz CT molecular complexity index is 976. The van der Waals surface area contributed by atoms with Crippen molar-refractivity contribution >= 4 is 17.5 Å². The fourth-order valence-corrected chi connectivity index (χ4v) is 3.98. The van der Waals surface area contributed by atoms with Crippen molar-refractivity contribution in [3.05, 3.63) is 66.4 Å². The lowest BCUT2D eigenvalue weighted by atomic mass is 9.99. The van der Waals surface area contributed by atoms with E-state index in [2.05, 4.69) is 0 Å². The molecule has 3 aromatic rings. The maximum Gasteiger partial charge on any atom is 0.246 e. The molecule has 0 aliphatic carbocycles. The zero-order valence-electron chi connectivity index (χ0n) is 15.9. The number of hydrogen-bond acceptors (Lipinski definition) is 3. The minimum absolute atomic E-state index is 0.00689. The summed E-state index contributed by atoms with van der Waals surface area (Å²) in [6, 6.07) is 16.1. The van der Waals surface area contributed by atoms with Gasteiger partial charge in [0.2, 0.25) is 5.91 Å². The highest BCUT2D eigenvalue weighted by atomic mass is 16.3. The molecule has 144 valence electrons. The van der Waals surface area contributed by atoms with E-state index < -0.39 is 0 Å². The first-order chi connectivity index (χ1) is 13.8. The van der Waals surface area contributed by atoms with E-state index in [-0.39, 0.29) is 18.6 Å². The molecule has 0 bridgehead atoms. The van der Waals surface area contributed by atoms with Gasteiger partial charge in [-0.1, -0.05) is 36.4 Å². The van der Waals surface area contributed by atoms with Crippen LogP contribution in [0.2, 0.25) is 0 Å². The van der Waals surface area contributed by atoms with Crippen LogP contribution >= 0.6 is 0 Å². The van der Waals surface area contributed by atoms with Gasteiger partial charge in [0.05, 0.1) is 5.52 Å². The summed E-state index contributed by atoms with van der Waals surface area (Å²) in [5.41, 5.74) is 3.79. The summed E-state index contributed by atoms with van der Waals surface area (Å²) in [7, 11) is 0. The monoisotopic (exact) mass is 375 g/mol. The van der Waals surface area contributed by atoms with E-state index >= 15 is 0 Å². The first kappa shape index (κ1) is 18.4. The maximum absolute atomic E-state index is 12.9.